The third-order valence-corrected chi connectivity index (χ3v) is 3.15. The number of hydrogen-bond acceptors (Lipinski definition) is 4. The molecule has 100 valence electrons. The number of anilines is 1. The minimum atomic E-state index is -0.228. The Bertz CT molecular complexity index is 569. The van der Waals surface area contributed by atoms with E-state index >= 15 is 0 Å². The maximum Gasteiger partial charge on any atom is 0.270 e. The van der Waals surface area contributed by atoms with Gasteiger partial charge in [-0.05, 0) is 52.4 Å². The van der Waals surface area contributed by atoms with Gasteiger partial charge in [-0.3, -0.25) is 10.1 Å². The van der Waals surface area contributed by atoms with Gasteiger partial charge >= 0.3 is 0 Å². The first-order chi connectivity index (χ1) is 9.19. The number of aromatic nitrogens is 4. The molecule has 0 unspecified atom stereocenters. The average Bonchev–Trinajstić information content (AvgIpc) is 2.84. The fourth-order valence-electron chi connectivity index (χ4n) is 1.49. The number of unbranched alkanes of at least 4 members (excludes halogenated alkanes) is 1. The van der Waals surface area contributed by atoms with E-state index in [4.69, 9.17) is 0 Å². The van der Waals surface area contributed by atoms with Crippen molar-refractivity contribution in [3.05, 3.63) is 33.4 Å². The molecule has 2 rings (SSSR count). The smallest absolute Gasteiger partial charge is 0.270 e. The molecule has 2 aromatic rings. The first kappa shape index (κ1) is 13.9. The lowest BCUT2D eigenvalue weighted by atomic mass is 10.2. The fourth-order valence-corrected chi connectivity index (χ4v) is 2.03. The highest BCUT2D eigenvalue weighted by molar-refractivity contribution is 14.1. The molecule has 0 spiro atoms. The van der Waals surface area contributed by atoms with Crippen molar-refractivity contribution in [2.75, 3.05) is 5.32 Å². The van der Waals surface area contributed by atoms with Gasteiger partial charge in [-0.25, -0.2) is 0 Å². The van der Waals surface area contributed by atoms with Crippen molar-refractivity contribution >= 4 is 34.4 Å². The van der Waals surface area contributed by atoms with Gasteiger partial charge in [-0.15, -0.1) is 5.10 Å². The van der Waals surface area contributed by atoms with Crippen LogP contribution in [-0.2, 0) is 6.54 Å². The maximum absolute atomic E-state index is 12.0. The summed E-state index contributed by atoms with van der Waals surface area (Å²) in [4.78, 5) is 13.5. The summed E-state index contributed by atoms with van der Waals surface area (Å²) < 4.78 is 1.00. The number of nitrogens with one attached hydrogen (secondary N) is 1. The number of amides is 1. The normalized spacial score (nSPS) is 10.4. The van der Waals surface area contributed by atoms with Crippen LogP contribution >= 0.6 is 22.6 Å². The van der Waals surface area contributed by atoms with Crippen molar-refractivity contribution in [2.24, 2.45) is 0 Å². The molecule has 19 heavy (non-hydrogen) atoms. The monoisotopic (exact) mass is 371 g/mol. The van der Waals surface area contributed by atoms with E-state index in [1.54, 1.807) is 12.1 Å². The van der Waals surface area contributed by atoms with E-state index in [9.17, 15) is 4.79 Å². The molecule has 0 saturated carbocycles. The lowest BCUT2D eigenvalue weighted by Crippen LogP contribution is -2.13. The van der Waals surface area contributed by atoms with Gasteiger partial charge in [-0.2, -0.15) is 4.80 Å². The second-order valence-electron chi connectivity index (χ2n) is 4.03. The predicted octanol–water partition coefficient (Wildman–Crippen LogP) is 2.33. The lowest BCUT2D eigenvalue weighted by molar-refractivity contribution is 0.102. The molecule has 1 aromatic carbocycles. The van der Waals surface area contributed by atoms with Crippen molar-refractivity contribution < 1.29 is 4.79 Å². The second kappa shape index (κ2) is 6.60. The van der Waals surface area contributed by atoms with Crippen molar-refractivity contribution in [1.82, 2.24) is 20.2 Å². The molecule has 6 nitrogen and oxygen atoms in total. The largest absolute Gasteiger partial charge is 0.288 e. The standard InChI is InChI=1S/C12H14IN5O/c1-2-3-7-18-16-12(15-17-18)14-11(19)9-5-4-6-10(13)8-9/h4-6,8H,2-3,7H2,1H3,(H,14,16,19). The molecular weight excluding hydrogens is 357 g/mol. The minimum absolute atomic E-state index is 0.228. The number of carbonyl (C=O) groups excluding carboxylic acids is 1. The molecule has 0 aliphatic carbocycles. The lowest BCUT2D eigenvalue weighted by Gasteiger charge is -2.00. The molecule has 0 aliphatic heterocycles. The molecule has 0 fully saturated rings. The summed E-state index contributed by atoms with van der Waals surface area (Å²) in [6, 6.07) is 7.31. The van der Waals surface area contributed by atoms with Gasteiger partial charge in [-0.1, -0.05) is 24.5 Å². The number of nitrogens with zero attached hydrogens (tertiary/aromatic N) is 4. The molecule has 1 N–H and O–H groups in total. The number of benzene rings is 1. The summed E-state index contributed by atoms with van der Waals surface area (Å²) in [7, 11) is 0. The van der Waals surface area contributed by atoms with Gasteiger partial charge < -0.3 is 0 Å². The summed E-state index contributed by atoms with van der Waals surface area (Å²) in [5.74, 6) is 0.00789. The summed E-state index contributed by atoms with van der Waals surface area (Å²) in [5, 5.41) is 14.4. The number of halogens is 1. The van der Waals surface area contributed by atoms with Crippen LogP contribution in [0.15, 0.2) is 24.3 Å². The molecule has 0 atom stereocenters. The van der Waals surface area contributed by atoms with E-state index in [0.717, 1.165) is 16.4 Å². The summed E-state index contributed by atoms with van der Waals surface area (Å²) in [6.45, 7) is 2.80. The second-order valence-corrected chi connectivity index (χ2v) is 5.27. The Labute approximate surface area is 124 Å². The molecule has 7 heteroatoms. The Hall–Kier alpha value is -1.51. The Kier molecular flexibility index (Phi) is 4.83. The summed E-state index contributed by atoms with van der Waals surface area (Å²) >= 11 is 2.16. The molecule has 1 aromatic heterocycles. The Morgan fingerprint density at radius 3 is 3.05 bits per heavy atom. The quantitative estimate of drug-likeness (QED) is 0.819. The maximum atomic E-state index is 12.0. The van der Waals surface area contributed by atoms with Crippen molar-refractivity contribution in [3.8, 4) is 0 Å². The van der Waals surface area contributed by atoms with Crippen molar-refractivity contribution in [1.29, 1.82) is 0 Å². The third-order valence-electron chi connectivity index (χ3n) is 2.48. The van der Waals surface area contributed by atoms with E-state index in [2.05, 4.69) is 50.2 Å². The zero-order valence-corrected chi connectivity index (χ0v) is 12.7. The van der Waals surface area contributed by atoms with E-state index in [1.807, 2.05) is 12.1 Å². The summed E-state index contributed by atoms with van der Waals surface area (Å²) in [5.41, 5.74) is 0.580. The molecular formula is C12H14IN5O. The molecule has 0 bridgehead atoms. The highest BCUT2D eigenvalue weighted by atomic mass is 127. The van der Waals surface area contributed by atoms with E-state index in [0.29, 0.717) is 12.1 Å². The first-order valence-electron chi connectivity index (χ1n) is 6.04. The zero-order chi connectivity index (χ0) is 13.7. The number of carbonyl (C=O) groups is 1. The van der Waals surface area contributed by atoms with Crippen LogP contribution < -0.4 is 5.32 Å². The number of rotatable bonds is 5. The minimum Gasteiger partial charge on any atom is -0.288 e. The molecule has 0 saturated heterocycles. The van der Waals surface area contributed by atoms with Crippen LogP contribution in [-0.4, -0.2) is 26.1 Å². The zero-order valence-electron chi connectivity index (χ0n) is 10.5. The average molecular weight is 371 g/mol. The van der Waals surface area contributed by atoms with E-state index in [1.165, 1.54) is 4.80 Å². The third kappa shape index (κ3) is 3.98. The predicted molar refractivity (Wildman–Crippen MR) is 79.8 cm³/mol. The van der Waals surface area contributed by atoms with Gasteiger partial charge in [0.25, 0.3) is 11.9 Å². The molecule has 1 amide bonds. The van der Waals surface area contributed by atoms with Crippen LogP contribution in [0.2, 0.25) is 0 Å². The number of aryl methyl sites for hydroxylation is 1. The van der Waals surface area contributed by atoms with Gasteiger partial charge in [0.1, 0.15) is 0 Å². The summed E-state index contributed by atoms with van der Waals surface area (Å²) in [6.07, 6.45) is 2.05. The van der Waals surface area contributed by atoms with Crippen LogP contribution in [0.5, 0.6) is 0 Å². The van der Waals surface area contributed by atoms with Crippen LogP contribution in [0.4, 0.5) is 5.95 Å². The van der Waals surface area contributed by atoms with Crippen LogP contribution in [0, 0.1) is 3.57 Å². The number of hydrogen-bond donors (Lipinski definition) is 1. The van der Waals surface area contributed by atoms with Gasteiger partial charge in [0.05, 0.1) is 6.54 Å². The van der Waals surface area contributed by atoms with Gasteiger partial charge in [0, 0.05) is 9.13 Å². The number of tetrazole rings is 1. The van der Waals surface area contributed by atoms with Crippen LogP contribution in [0.3, 0.4) is 0 Å². The van der Waals surface area contributed by atoms with Gasteiger partial charge in [0.15, 0.2) is 0 Å². The highest BCUT2D eigenvalue weighted by Gasteiger charge is 2.09. The van der Waals surface area contributed by atoms with Crippen molar-refractivity contribution in [2.45, 2.75) is 26.3 Å². The van der Waals surface area contributed by atoms with Crippen molar-refractivity contribution in [3.63, 3.8) is 0 Å². The fraction of sp³-hybridized carbons (Fsp3) is 0.333. The molecule has 0 radical (unpaired) electrons. The van der Waals surface area contributed by atoms with Crippen LogP contribution in [0.25, 0.3) is 0 Å². The van der Waals surface area contributed by atoms with E-state index in [-0.39, 0.29) is 11.9 Å². The van der Waals surface area contributed by atoms with Crippen LogP contribution in [0.1, 0.15) is 30.1 Å². The molecule has 0 aliphatic rings. The van der Waals surface area contributed by atoms with Gasteiger partial charge in [0.2, 0.25) is 0 Å². The molecule has 1 heterocycles. The Morgan fingerprint density at radius 2 is 2.32 bits per heavy atom. The topological polar surface area (TPSA) is 72.7 Å². The van der Waals surface area contributed by atoms with E-state index < -0.39 is 0 Å². The Morgan fingerprint density at radius 1 is 1.47 bits per heavy atom. The highest BCUT2D eigenvalue weighted by Crippen LogP contribution is 2.09. The first-order valence-corrected chi connectivity index (χ1v) is 7.11. The SMILES string of the molecule is CCCCn1nnc(NC(=O)c2cccc(I)c2)n1. The Balaban J connectivity index is 2.00.